The molecule has 12 heteroatoms. The van der Waals surface area contributed by atoms with Crippen LogP contribution in [0.15, 0.2) is 77.7 Å². The molecule has 4 rings (SSSR count). The maximum atomic E-state index is 14.3. The molecule has 0 saturated heterocycles. The van der Waals surface area contributed by atoms with Crippen LogP contribution >= 0.6 is 0 Å². The summed E-state index contributed by atoms with van der Waals surface area (Å²) in [5.41, 5.74) is 1.09. The second-order valence-corrected chi connectivity index (χ2v) is 14.1. The summed E-state index contributed by atoms with van der Waals surface area (Å²) in [6, 6.07) is 17.7. The lowest BCUT2D eigenvalue weighted by Gasteiger charge is -2.35. The monoisotopic (exact) mass is 669 g/mol. The van der Waals surface area contributed by atoms with Crippen molar-refractivity contribution >= 4 is 27.5 Å². The van der Waals surface area contributed by atoms with Gasteiger partial charge in [-0.05, 0) is 87.7 Å². The lowest BCUT2D eigenvalue weighted by Crippen LogP contribution is -2.48. The van der Waals surface area contributed by atoms with Crippen LogP contribution in [0.2, 0.25) is 0 Å². The number of carbonyl (C=O) groups is 2. The van der Waals surface area contributed by atoms with Crippen molar-refractivity contribution in [2.75, 3.05) is 38.7 Å². The van der Waals surface area contributed by atoms with Gasteiger partial charge in [0.1, 0.15) is 11.6 Å². The Morgan fingerprint density at radius 2 is 1.79 bits per heavy atom. The molecule has 254 valence electrons. The van der Waals surface area contributed by atoms with Crippen LogP contribution in [0.25, 0.3) is 0 Å². The summed E-state index contributed by atoms with van der Waals surface area (Å²) in [5, 5.41) is 13.0. The first-order chi connectivity index (χ1) is 22.4. The first kappa shape index (κ1) is 36.0. The second-order valence-electron chi connectivity index (χ2n) is 12.1. The highest BCUT2D eigenvalue weighted by Crippen LogP contribution is 2.29. The Labute approximate surface area is 276 Å². The normalized spacial score (nSPS) is 20.5. The van der Waals surface area contributed by atoms with Gasteiger partial charge in [-0.15, -0.1) is 0 Å². The largest absolute Gasteiger partial charge is 0.490 e. The molecular weight excluding hydrogens is 625 g/mol. The van der Waals surface area contributed by atoms with Crippen molar-refractivity contribution < 1.29 is 37.0 Å². The van der Waals surface area contributed by atoms with Gasteiger partial charge in [0.05, 0.1) is 35.3 Å². The van der Waals surface area contributed by atoms with Gasteiger partial charge >= 0.3 is 0 Å². The van der Waals surface area contributed by atoms with Crippen LogP contribution in [0.4, 0.5) is 10.1 Å². The molecule has 4 atom stereocenters. The van der Waals surface area contributed by atoms with Crippen LogP contribution in [-0.2, 0) is 14.8 Å². The number of halogens is 1. The number of hydrogen-bond donors (Lipinski definition) is 2. The molecule has 0 fully saturated rings. The summed E-state index contributed by atoms with van der Waals surface area (Å²) < 4.78 is 53.9. The number of rotatable bonds is 8. The maximum absolute atomic E-state index is 14.3. The first-order valence-electron chi connectivity index (χ1n) is 15.8. The third-order valence-corrected chi connectivity index (χ3v) is 10.1. The van der Waals surface area contributed by atoms with Crippen molar-refractivity contribution in [3.05, 3.63) is 89.7 Å². The van der Waals surface area contributed by atoms with Gasteiger partial charge in [0.2, 0.25) is 10.0 Å². The average molecular weight is 670 g/mol. The third-order valence-electron chi connectivity index (χ3n) is 8.30. The summed E-state index contributed by atoms with van der Waals surface area (Å²) in [6.07, 6.45) is 1.31. The third kappa shape index (κ3) is 9.38. The Bertz CT molecular complexity index is 1610. The van der Waals surface area contributed by atoms with Crippen LogP contribution in [0.3, 0.4) is 0 Å². The highest BCUT2D eigenvalue weighted by molar-refractivity contribution is 7.89. The van der Waals surface area contributed by atoms with Gasteiger partial charge in [0, 0.05) is 43.9 Å². The van der Waals surface area contributed by atoms with E-state index in [1.807, 2.05) is 19.9 Å². The Morgan fingerprint density at radius 3 is 2.47 bits per heavy atom. The summed E-state index contributed by atoms with van der Waals surface area (Å²) in [4.78, 5) is 28.7. The molecule has 2 N–H and O–H groups in total. The molecule has 0 bridgehead atoms. The Morgan fingerprint density at radius 1 is 1.09 bits per heavy atom. The smallest absolute Gasteiger partial charge is 0.258 e. The fourth-order valence-corrected chi connectivity index (χ4v) is 6.58. The fraction of sp³-hybridized carbons (Fsp3) is 0.429. The van der Waals surface area contributed by atoms with Crippen LogP contribution < -0.4 is 10.1 Å². The minimum absolute atomic E-state index is 0.0117. The lowest BCUT2D eigenvalue weighted by atomic mass is 10.0. The lowest BCUT2D eigenvalue weighted by molar-refractivity contribution is -0.00834. The number of nitrogens with one attached hydrogen (secondary N) is 1. The molecule has 47 heavy (non-hydrogen) atoms. The molecule has 10 nitrogen and oxygen atoms in total. The molecule has 3 aromatic carbocycles. The zero-order valence-electron chi connectivity index (χ0n) is 27.3. The van der Waals surface area contributed by atoms with E-state index < -0.39 is 33.9 Å². The molecule has 2 amide bonds. The molecule has 1 aliphatic heterocycles. The number of likely N-dealkylation sites (N-methyl/N-ethyl adjacent to an activating group) is 1. The minimum atomic E-state index is -3.95. The summed E-state index contributed by atoms with van der Waals surface area (Å²) >= 11 is 0. The average Bonchev–Trinajstić information content (AvgIpc) is 3.06. The highest BCUT2D eigenvalue weighted by atomic mass is 32.2. The number of aliphatic hydroxyl groups is 1. The number of sulfonamides is 1. The molecule has 0 unspecified atom stereocenters. The predicted octanol–water partition coefficient (Wildman–Crippen LogP) is 5.19. The number of amides is 2. The predicted molar refractivity (Wildman–Crippen MR) is 177 cm³/mol. The summed E-state index contributed by atoms with van der Waals surface area (Å²) in [7, 11) is -2.51. The molecule has 3 aromatic rings. The SMILES string of the molecule is C[C@H](CO)N1C[C@H](C)[C@H](CN(C)S(=O)(=O)c2ccc(F)cc2)OCCCC[C@H](C)Oc2ccc(NC(=O)c3ccccc3)cc2C1=O. The Hall–Kier alpha value is -3.84. The van der Waals surface area contributed by atoms with Gasteiger partial charge in [-0.2, -0.15) is 4.31 Å². The van der Waals surface area contributed by atoms with Crippen LogP contribution in [-0.4, -0.2) is 86.1 Å². The standard InChI is InChI=1S/C35H44FN3O7S/c1-24-21-39(25(2)23-40)35(42)31-20-29(37-34(41)27-11-6-5-7-12-27)15-18-32(31)46-26(3)10-8-9-19-45-33(24)22-38(4)47(43,44)30-16-13-28(36)14-17-30/h5-7,11-18,20,24-26,33,40H,8-10,19,21-23H2,1-4H3,(H,37,41)/t24-,25+,26-,33-/m0/s1. The summed E-state index contributed by atoms with van der Waals surface area (Å²) in [6.45, 7) is 5.68. The van der Waals surface area contributed by atoms with Crippen molar-refractivity contribution in [1.82, 2.24) is 9.21 Å². The van der Waals surface area contributed by atoms with E-state index in [4.69, 9.17) is 9.47 Å². The van der Waals surface area contributed by atoms with Gasteiger partial charge in [-0.25, -0.2) is 12.8 Å². The van der Waals surface area contributed by atoms with Crippen LogP contribution in [0.5, 0.6) is 5.75 Å². The molecule has 0 spiro atoms. The molecule has 1 aliphatic rings. The number of nitrogens with zero attached hydrogens (tertiary/aromatic N) is 2. The van der Waals surface area contributed by atoms with Crippen molar-refractivity contribution in [3.8, 4) is 5.75 Å². The summed E-state index contributed by atoms with van der Waals surface area (Å²) in [5.74, 6) is -1.30. The second kappa shape index (κ2) is 16.3. The topological polar surface area (TPSA) is 125 Å². The number of anilines is 1. The van der Waals surface area contributed by atoms with E-state index in [1.54, 1.807) is 49.4 Å². The highest BCUT2D eigenvalue weighted by Gasteiger charge is 2.32. The first-order valence-corrected chi connectivity index (χ1v) is 17.3. The van der Waals surface area contributed by atoms with E-state index in [0.717, 1.165) is 18.6 Å². The Balaban J connectivity index is 1.65. The van der Waals surface area contributed by atoms with Crippen LogP contribution in [0.1, 0.15) is 60.7 Å². The number of ether oxygens (including phenoxy) is 2. The van der Waals surface area contributed by atoms with E-state index in [0.29, 0.717) is 36.4 Å². The number of benzene rings is 3. The number of aliphatic hydroxyl groups excluding tert-OH is 1. The number of fused-ring (bicyclic) bond motifs is 1. The van der Waals surface area contributed by atoms with Gasteiger partial charge in [-0.3, -0.25) is 9.59 Å². The van der Waals surface area contributed by atoms with E-state index in [2.05, 4.69) is 5.32 Å². The van der Waals surface area contributed by atoms with Crippen molar-refractivity contribution in [2.24, 2.45) is 5.92 Å². The zero-order chi connectivity index (χ0) is 34.1. The molecule has 0 aromatic heterocycles. The maximum Gasteiger partial charge on any atom is 0.258 e. The van der Waals surface area contributed by atoms with Gasteiger partial charge < -0.3 is 24.8 Å². The van der Waals surface area contributed by atoms with E-state index in [-0.39, 0.29) is 48.1 Å². The molecular formula is C35H44FN3O7S. The Kier molecular flexibility index (Phi) is 12.5. The van der Waals surface area contributed by atoms with Gasteiger partial charge in [0.25, 0.3) is 11.8 Å². The fourth-order valence-electron chi connectivity index (χ4n) is 5.39. The molecule has 0 radical (unpaired) electrons. The van der Waals surface area contributed by atoms with Crippen molar-refractivity contribution in [1.29, 1.82) is 0 Å². The molecule has 0 saturated carbocycles. The van der Waals surface area contributed by atoms with Crippen LogP contribution in [0, 0.1) is 11.7 Å². The molecule has 1 heterocycles. The quantitative estimate of drug-likeness (QED) is 0.338. The molecule has 0 aliphatic carbocycles. The van der Waals surface area contributed by atoms with Gasteiger partial charge in [-0.1, -0.05) is 25.1 Å². The van der Waals surface area contributed by atoms with Gasteiger partial charge in [0.15, 0.2) is 0 Å². The number of carbonyl (C=O) groups excluding carboxylic acids is 2. The minimum Gasteiger partial charge on any atom is -0.490 e. The number of hydrogen-bond acceptors (Lipinski definition) is 7. The van der Waals surface area contributed by atoms with E-state index >= 15 is 0 Å². The van der Waals surface area contributed by atoms with Crippen molar-refractivity contribution in [3.63, 3.8) is 0 Å². The zero-order valence-corrected chi connectivity index (χ0v) is 28.1. The van der Waals surface area contributed by atoms with E-state index in [1.165, 1.54) is 28.4 Å². The van der Waals surface area contributed by atoms with Crippen molar-refractivity contribution in [2.45, 2.75) is 63.2 Å². The van der Waals surface area contributed by atoms with E-state index in [9.17, 15) is 27.5 Å².